The van der Waals surface area contributed by atoms with Gasteiger partial charge in [0.1, 0.15) is 0 Å². The average Bonchev–Trinajstić information content (AvgIpc) is 2.49. The van der Waals surface area contributed by atoms with E-state index in [0.717, 1.165) is 17.2 Å². The van der Waals surface area contributed by atoms with Crippen molar-refractivity contribution < 1.29 is 9.47 Å². The molecule has 0 fully saturated rings. The molecule has 3 heteroatoms. The Kier molecular flexibility index (Phi) is 1.57. The first-order valence-corrected chi connectivity index (χ1v) is 3.84. The van der Waals surface area contributed by atoms with Crippen LogP contribution in [-0.4, -0.2) is 20.9 Å². The molecule has 1 heterocycles. The third-order valence-corrected chi connectivity index (χ3v) is 1.87. The first-order valence-electron chi connectivity index (χ1n) is 3.84. The highest BCUT2D eigenvalue weighted by Gasteiger charge is 2.13. The molecule has 0 saturated heterocycles. The van der Waals surface area contributed by atoms with Crippen LogP contribution in [0.2, 0.25) is 0 Å². The number of anilines is 1. The lowest BCUT2D eigenvalue weighted by Gasteiger charge is -2.12. The molecule has 1 aromatic carbocycles. The third kappa shape index (κ3) is 1.07. The second-order valence-electron chi connectivity index (χ2n) is 2.93. The zero-order valence-electron chi connectivity index (χ0n) is 7.20. The molecular formula is C9H11NO2. The molecule has 1 aromatic rings. The van der Waals surface area contributed by atoms with Crippen LogP contribution in [-0.2, 0) is 0 Å². The van der Waals surface area contributed by atoms with Crippen molar-refractivity contribution in [2.45, 2.75) is 0 Å². The lowest BCUT2D eigenvalue weighted by Crippen LogP contribution is -2.07. The number of fused-ring (bicyclic) bond motifs is 1. The number of hydrogen-bond donors (Lipinski definition) is 0. The van der Waals surface area contributed by atoms with Gasteiger partial charge in [-0.15, -0.1) is 0 Å². The van der Waals surface area contributed by atoms with E-state index in [1.54, 1.807) is 0 Å². The largest absolute Gasteiger partial charge is 0.454 e. The zero-order chi connectivity index (χ0) is 8.55. The standard InChI is InChI=1S/C9H11NO2/c1-10(2)7-3-4-8-9(5-7)12-6-11-8/h3-5H,6H2,1-2H3. The van der Waals surface area contributed by atoms with Crippen LogP contribution in [0.5, 0.6) is 11.5 Å². The van der Waals surface area contributed by atoms with Gasteiger partial charge in [-0.05, 0) is 12.1 Å². The normalized spacial score (nSPS) is 13.2. The van der Waals surface area contributed by atoms with E-state index >= 15 is 0 Å². The highest BCUT2D eigenvalue weighted by Crippen LogP contribution is 2.34. The molecular weight excluding hydrogens is 154 g/mol. The Morgan fingerprint density at radius 2 is 1.92 bits per heavy atom. The maximum atomic E-state index is 5.24. The Bertz CT molecular complexity index is 297. The van der Waals surface area contributed by atoms with Gasteiger partial charge < -0.3 is 14.4 Å². The summed E-state index contributed by atoms with van der Waals surface area (Å²) < 4.78 is 10.4. The van der Waals surface area contributed by atoms with Crippen LogP contribution in [0.25, 0.3) is 0 Å². The third-order valence-electron chi connectivity index (χ3n) is 1.87. The molecule has 0 aliphatic carbocycles. The van der Waals surface area contributed by atoms with Crippen molar-refractivity contribution in [1.82, 2.24) is 0 Å². The molecule has 0 bridgehead atoms. The summed E-state index contributed by atoms with van der Waals surface area (Å²) >= 11 is 0. The first-order chi connectivity index (χ1) is 5.77. The van der Waals surface area contributed by atoms with Gasteiger partial charge in [0, 0.05) is 25.8 Å². The van der Waals surface area contributed by atoms with Crippen molar-refractivity contribution in [3.63, 3.8) is 0 Å². The van der Waals surface area contributed by atoms with E-state index in [0.29, 0.717) is 6.79 Å². The van der Waals surface area contributed by atoms with E-state index in [1.807, 2.05) is 37.2 Å². The summed E-state index contributed by atoms with van der Waals surface area (Å²) in [6.45, 7) is 0.339. The van der Waals surface area contributed by atoms with Crippen molar-refractivity contribution in [2.24, 2.45) is 0 Å². The summed E-state index contributed by atoms with van der Waals surface area (Å²) in [6, 6.07) is 5.91. The van der Waals surface area contributed by atoms with Gasteiger partial charge in [0.25, 0.3) is 0 Å². The van der Waals surface area contributed by atoms with Crippen molar-refractivity contribution >= 4 is 5.69 Å². The number of hydrogen-bond acceptors (Lipinski definition) is 3. The highest BCUT2D eigenvalue weighted by atomic mass is 16.7. The molecule has 0 N–H and O–H groups in total. The molecule has 0 aromatic heterocycles. The summed E-state index contributed by atoms with van der Waals surface area (Å²) in [5, 5.41) is 0. The number of ether oxygens (including phenoxy) is 2. The van der Waals surface area contributed by atoms with Gasteiger partial charge in [-0.2, -0.15) is 0 Å². The summed E-state index contributed by atoms with van der Waals surface area (Å²) in [5.74, 6) is 1.67. The van der Waals surface area contributed by atoms with Crippen molar-refractivity contribution in [3.05, 3.63) is 18.2 Å². The SMILES string of the molecule is CN(C)c1ccc2c(c1)OCO2. The van der Waals surface area contributed by atoms with Crippen LogP contribution in [0.15, 0.2) is 18.2 Å². The van der Waals surface area contributed by atoms with Crippen LogP contribution < -0.4 is 14.4 Å². The van der Waals surface area contributed by atoms with Gasteiger partial charge >= 0.3 is 0 Å². The van der Waals surface area contributed by atoms with Gasteiger partial charge in [0.2, 0.25) is 6.79 Å². The molecule has 0 spiro atoms. The molecule has 0 atom stereocenters. The molecule has 0 saturated carbocycles. The van der Waals surface area contributed by atoms with Gasteiger partial charge in [0.15, 0.2) is 11.5 Å². The fourth-order valence-corrected chi connectivity index (χ4v) is 1.16. The van der Waals surface area contributed by atoms with Crippen LogP contribution >= 0.6 is 0 Å². The van der Waals surface area contributed by atoms with Gasteiger partial charge in [-0.3, -0.25) is 0 Å². The van der Waals surface area contributed by atoms with Crippen molar-refractivity contribution in [1.29, 1.82) is 0 Å². The Balaban J connectivity index is 2.39. The Hall–Kier alpha value is -1.38. The predicted molar refractivity (Wildman–Crippen MR) is 46.9 cm³/mol. The van der Waals surface area contributed by atoms with Crippen molar-refractivity contribution in [2.75, 3.05) is 25.8 Å². The van der Waals surface area contributed by atoms with E-state index in [-0.39, 0.29) is 0 Å². The first kappa shape index (κ1) is 7.28. The minimum absolute atomic E-state index is 0.339. The molecule has 0 radical (unpaired) electrons. The molecule has 12 heavy (non-hydrogen) atoms. The monoisotopic (exact) mass is 165 g/mol. The topological polar surface area (TPSA) is 21.7 Å². The maximum Gasteiger partial charge on any atom is 0.231 e. The van der Waals surface area contributed by atoms with E-state index in [1.165, 1.54) is 0 Å². The summed E-state index contributed by atoms with van der Waals surface area (Å²) in [7, 11) is 4.00. The van der Waals surface area contributed by atoms with Crippen LogP contribution in [0, 0.1) is 0 Å². The highest BCUT2D eigenvalue weighted by molar-refractivity contribution is 5.56. The second kappa shape index (κ2) is 2.59. The lowest BCUT2D eigenvalue weighted by molar-refractivity contribution is 0.174. The van der Waals surface area contributed by atoms with Gasteiger partial charge in [-0.1, -0.05) is 0 Å². The number of nitrogens with zero attached hydrogens (tertiary/aromatic N) is 1. The smallest absolute Gasteiger partial charge is 0.231 e. The summed E-state index contributed by atoms with van der Waals surface area (Å²) in [5.41, 5.74) is 1.12. The summed E-state index contributed by atoms with van der Waals surface area (Å²) in [4.78, 5) is 2.03. The Labute approximate surface area is 71.5 Å². The van der Waals surface area contributed by atoms with E-state index in [9.17, 15) is 0 Å². The molecule has 3 nitrogen and oxygen atoms in total. The molecule has 0 amide bonds. The van der Waals surface area contributed by atoms with E-state index < -0.39 is 0 Å². The van der Waals surface area contributed by atoms with E-state index in [2.05, 4.69) is 0 Å². The fourth-order valence-electron chi connectivity index (χ4n) is 1.16. The van der Waals surface area contributed by atoms with Crippen LogP contribution in [0.3, 0.4) is 0 Å². The molecule has 1 aliphatic rings. The zero-order valence-corrected chi connectivity index (χ0v) is 7.20. The quantitative estimate of drug-likeness (QED) is 0.629. The predicted octanol–water partition coefficient (Wildman–Crippen LogP) is 1.48. The average molecular weight is 165 g/mol. The second-order valence-corrected chi connectivity index (χ2v) is 2.93. The molecule has 2 rings (SSSR count). The molecule has 0 unspecified atom stereocenters. The van der Waals surface area contributed by atoms with E-state index in [4.69, 9.17) is 9.47 Å². The van der Waals surface area contributed by atoms with Gasteiger partial charge in [-0.25, -0.2) is 0 Å². The lowest BCUT2D eigenvalue weighted by atomic mass is 10.2. The summed E-state index contributed by atoms with van der Waals surface area (Å²) in [6.07, 6.45) is 0. The minimum atomic E-state index is 0.339. The Morgan fingerprint density at radius 1 is 1.17 bits per heavy atom. The minimum Gasteiger partial charge on any atom is -0.454 e. The van der Waals surface area contributed by atoms with Crippen molar-refractivity contribution in [3.8, 4) is 11.5 Å². The Morgan fingerprint density at radius 3 is 2.67 bits per heavy atom. The fraction of sp³-hybridized carbons (Fsp3) is 0.333. The van der Waals surface area contributed by atoms with Gasteiger partial charge in [0.05, 0.1) is 0 Å². The number of benzene rings is 1. The van der Waals surface area contributed by atoms with Crippen LogP contribution in [0.1, 0.15) is 0 Å². The maximum absolute atomic E-state index is 5.24. The molecule has 64 valence electrons. The number of rotatable bonds is 1. The molecule has 1 aliphatic heterocycles. The van der Waals surface area contributed by atoms with Crippen LogP contribution in [0.4, 0.5) is 5.69 Å².